The number of ether oxygens (including phenoxy) is 1. The fraction of sp³-hybridized carbons (Fsp3) is 0.143. The molecule has 0 atom stereocenters. The SMILES string of the molecule is CCOc1ccc(C=NNc2nc(Cl)c(Cl)cc2Cl)cc1. The van der Waals surface area contributed by atoms with Crippen LogP contribution in [0.25, 0.3) is 0 Å². The lowest BCUT2D eigenvalue weighted by Gasteiger charge is -2.04. The Labute approximate surface area is 137 Å². The number of rotatable bonds is 5. The second-order valence-electron chi connectivity index (χ2n) is 3.96. The molecule has 0 saturated carbocycles. The fourth-order valence-corrected chi connectivity index (χ4v) is 2.05. The van der Waals surface area contributed by atoms with Crippen molar-refractivity contribution in [2.45, 2.75) is 6.92 Å². The van der Waals surface area contributed by atoms with Crippen molar-refractivity contribution in [1.29, 1.82) is 0 Å². The minimum Gasteiger partial charge on any atom is -0.494 e. The summed E-state index contributed by atoms with van der Waals surface area (Å²) in [7, 11) is 0. The van der Waals surface area contributed by atoms with Crippen LogP contribution in [0.2, 0.25) is 15.2 Å². The Morgan fingerprint density at radius 3 is 2.57 bits per heavy atom. The van der Waals surface area contributed by atoms with E-state index in [1.54, 1.807) is 6.21 Å². The molecule has 1 aromatic heterocycles. The minimum atomic E-state index is 0.167. The quantitative estimate of drug-likeness (QED) is 0.477. The first-order valence-electron chi connectivity index (χ1n) is 6.13. The maximum Gasteiger partial charge on any atom is 0.166 e. The van der Waals surface area contributed by atoms with Crippen molar-refractivity contribution < 1.29 is 4.74 Å². The Hall–Kier alpha value is -1.49. The third-order valence-corrected chi connectivity index (χ3v) is 3.42. The smallest absolute Gasteiger partial charge is 0.166 e. The summed E-state index contributed by atoms with van der Waals surface area (Å²) in [5.74, 6) is 1.16. The molecule has 0 aliphatic carbocycles. The van der Waals surface area contributed by atoms with Gasteiger partial charge >= 0.3 is 0 Å². The van der Waals surface area contributed by atoms with Crippen LogP contribution in [0.15, 0.2) is 35.4 Å². The van der Waals surface area contributed by atoms with Gasteiger partial charge in [0, 0.05) is 0 Å². The van der Waals surface area contributed by atoms with E-state index >= 15 is 0 Å². The van der Waals surface area contributed by atoms with E-state index < -0.39 is 0 Å². The zero-order chi connectivity index (χ0) is 15.2. The van der Waals surface area contributed by atoms with Gasteiger partial charge in [0.1, 0.15) is 10.9 Å². The van der Waals surface area contributed by atoms with Crippen molar-refractivity contribution in [3.63, 3.8) is 0 Å². The molecule has 7 heteroatoms. The number of aromatic nitrogens is 1. The van der Waals surface area contributed by atoms with Gasteiger partial charge in [0.05, 0.1) is 22.9 Å². The molecule has 2 aromatic rings. The van der Waals surface area contributed by atoms with Gasteiger partial charge in [-0.2, -0.15) is 5.10 Å². The van der Waals surface area contributed by atoms with Crippen LogP contribution < -0.4 is 10.2 Å². The molecular formula is C14H12Cl3N3O. The van der Waals surface area contributed by atoms with Gasteiger partial charge in [-0.25, -0.2) is 4.98 Å². The number of pyridine rings is 1. The largest absolute Gasteiger partial charge is 0.494 e. The molecule has 1 heterocycles. The van der Waals surface area contributed by atoms with Crippen LogP contribution in [0.1, 0.15) is 12.5 Å². The number of halogens is 3. The standard InChI is InChI=1S/C14H12Cl3N3O/c1-2-21-10-5-3-9(4-6-10)8-18-20-14-12(16)7-11(15)13(17)19-14/h3-8H,2H2,1H3,(H,19,20). The molecule has 110 valence electrons. The Balaban J connectivity index is 2.03. The maximum atomic E-state index is 5.98. The molecule has 0 fully saturated rings. The Kier molecular flexibility index (Phi) is 5.67. The van der Waals surface area contributed by atoms with Crippen LogP contribution in [-0.2, 0) is 0 Å². The normalized spacial score (nSPS) is 10.9. The van der Waals surface area contributed by atoms with Crippen molar-refractivity contribution in [2.75, 3.05) is 12.0 Å². The number of nitrogens with zero attached hydrogens (tertiary/aromatic N) is 2. The number of benzene rings is 1. The molecule has 0 bridgehead atoms. The van der Waals surface area contributed by atoms with Crippen molar-refractivity contribution in [2.24, 2.45) is 5.10 Å². The molecule has 0 unspecified atom stereocenters. The lowest BCUT2D eigenvalue weighted by Crippen LogP contribution is -1.95. The van der Waals surface area contributed by atoms with E-state index in [1.807, 2.05) is 31.2 Å². The summed E-state index contributed by atoms with van der Waals surface area (Å²) in [5, 5.41) is 4.86. The number of nitrogens with one attached hydrogen (secondary N) is 1. The predicted molar refractivity (Wildman–Crippen MR) is 88.1 cm³/mol. The summed E-state index contributed by atoms with van der Waals surface area (Å²) >= 11 is 17.6. The number of hydrogen-bond acceptors (Lipinski definition) is 4. The molecule has 1 aromatic carbocycles. The zero-order valence-electron chi connectivity index (χ0n) is 11.1. The average molecular weight is 345 g/mol. The third kappa shape index (κ3) is 4.49. The van der Waals surface area contributed by atoms with Crippen molar-refractivity contribution in [3.05, 3.63) is 51.1 Å². The molecule has 0 amide bonds. The van der Waals surface area contributed by atoms with E-state index in [0.717, 1.165) is 11.3 Å². The highest BCUT2D eigenvalue weighted by atomic mass is 35.5. The first-order chi connectivity index (χ1) is 10.1. The van der Waals surface area contributed by atoms with Gasteiger partial charge in [0.25, 0.3) is 0 Å². The van der Waals surface area contributed by atoms with E-state index in [1.165, 1.54) is 6.07 Å². The second-order valence-corrected chi connectivity index (χ2v) is 5.14. The Morgan fingerprint density at radius 2 is 1.90 bits per heavy atom. The van der Waals surface area contributed by atoms with E-state index in [4.69, 9.17) is 39.5 Å². The first kappa shape index (κ1) is 15.9. The zero-order valence-corrected chi connectivity index (χ0v) is 13.4. The van der Waals surface area contributed by atoms with E-state index in [0.29, 0.717) is 22.5 Å². The molecule has 0 spiro atoms. The molecule has 0 radical (unpaired) electrons. The summed E-state index contributed by atoms with van der Waals surface area (Å²) in [6.45, 7) is 2.57. The second kappa shape index (κ2) is 7.50. The highest BCUT2D eigenvalue weighted by Crippen LogP contribution is 2.28. The summed E-state index contributed by atoms with van der Waals surface area (Å²) in [6.07, 6.45) is 1.64. The van der Waals surface area contributed by atoms with Crippen LogP contribution in [0.5, 0.6) is 5.75 Å². The molecule has 0 saturated heterocycles. The number of anilines is 1. The third-order valence-electron chi connectivity index (χ3n) is 2.46. The van der Waals surface area contributed by atoms with Gasteiger partial charge in [0.15, 0.2) is 5.82 Å². The molecule has 4 nitrogen and oxygen atoms in total. The summed E-state index contributed by atoms with van der Waals surface area (Å²) in [5.41, 5.74) is 3.63. The van der Waals surface area contributed by atoms with Gasteiger partial charge in [0.2, 0.25) is 0 Å². The van der Waals surface area contributed by atoms with Crippen molar-refractivity contribution >= 4 is 46.8 Å². The topological polar surface area (TPSA) is 46.5 Å². The lowest BCUT2D eigenvalue weighted by atomic mass is 10.2. The van der Waals surface area contributed by atoms with Crippen molar-refractivity contribution in [3.8, 4) is 5.75 Å². The Bertz CT molecular complexity index is 645. The molecule has 0 aliphatic rings. The lowest BCUT2D eigenvalue weighted by molar-refractivity contribution is 0.340. The summed E-state index contributed by atoms with van der Waals surface area (Å²) in [4.78, 5) is 4.00. The van der Waals surface area contributed by atoms with Crippen LogP contribution in [0.3, 0.4) is 0 Å². The molecule has 0 aliphatic heterocycles. The molecule has 1 N–H and O–H groups in total. The van der Waals surface area contributed by atoms with Crippen LogP contribution in [0.4, 0.5) is 5.82 Å². The van der Waals surface area contributed by atoms with Crippen LogP contribution >= 0.6 is 34.8 Å². The molecular weight excluding hydrogens is 333 g/mol. The minimum absolute atomic E-state index is 0.167. The van der Waals surface area contributed by atoms with Gasteiger partial charge in [-0.1, -0.05) is 34.8 Å². The van der Waals surface area contributed by atoms with Gasteiger partial charge in [-0.15, -0.1) is 0 Å². The fourth-order valence-electron chi connectivity index (χ4n) is 1.51. The van der Waals surface area contributed by atoms with Gasteiger partial charge in [-0.3, -0.25) is 5.43 Å². The first-order valence-corrected chi connectivity index (χ1v) is 7.27. The summed E-state index contributed by atoms with van der Waals surface area (Å²) < 4.78 is 5.36. The van der Waals surface area contributed by atoms with Crippen LogP contribution in [-0.4, -0.2) is 17.8 Å². The van der Waals surface area contributed by atoms with E-state index in [2.05, 4.69) is 15.5 Å². The maximum absolute atomic E-state index is 5.98. The van der Waals surface area contributed by atoms with E-state index in [9.17, 15) is 0 Å². The summed E-state index contributed by atoms with van der Waals surface area (Å²) in [6, 6.07) is 9.03. The van der Waals surface area contributed by atoms with Crippen LogP contribution in [0, 0.1) is 0 Å². The highest BCUT2D eigenvalue weighted by Gasteiger charge is 2.06. The van der Waals surface area contributed by atoms with Gasteiger partial charge < -0.3 is 4.74 Å². The molecule has 2 rings (SSSR count). The van der Waals surface area contributed by atoms with Gasteiger partial charge in [-0.05, 0) is 42.8 Å². The molecule has 21 heavy (non-hydrogen) atoms. The highest BCUT2D eigenvalue weighted by molar-refractivity contribution is 6.42. The number of hydrazone groups is 1. The number of hydrogen-bond donors (Lipinski definition) is 1. The Morgan fingerprint density at radius 1 is 1.19 bits per heavy atom. The van der Waals surface area contributed by atoms with Crippen molar-refractivity contribution in [1.82, 2.24) is 4.98 Å². The monoisotopic (exact) mass is 343 g/mol. The van der Waals surface area contributed by atoms with E-state index in [-0.39, 0.29) is 5.15 Å². The average Bonchev–Trinajstić information content (AvgIpc) is 2.46. The predicted octanol–water partition coefficient (Wildman–Crippen LogP) is 4.89.